The predicted octanol–water partition coefficient (Wildman–Crippen LogP) is 4.08. The van der Waals surface area contributed by atoms with E-state index >= 15 is 0 Å². The van der Waals surface area contributed by atoms with E-state index in [4.69, 9.17) is 23.2 Å². The molecule has 24 heavy (non-hydrogen) atoms. The zero-order chi connectivity index (χ0) is 18.1. The van der Waals surface area contributed by atoms with Gasteiger partial charge in [-0.15, -0.1) is 0 Å². The average Bonchev–Trinajstić information content (AvgIpc) is 2.46. The van der Waals surface area contributed by atoms with E-state index in [0.717, 1.165) is 12.1 Å². The molecule has 0 aliphatic heterocycles. The summed E-state index contributed by atoms with van der Waals surface area (Å²) < 4.78 is 40.4. The summed E-state index contributed by atoms with van der Waals surface area (Å²) in [7, 11) is -4.12. The van der Waals surface area contributed by atoms with Crippen molar-refractivity contribution < 1.29 is 17.7 Å². The van der Waals surface area contributed by atoms with Gasteiger partial charge in [0.25, 0.3) is 0 Å². The van der Waals surface area contributed by atoms with Crippen LogP contribution < -0.4 is 4.72 Å². The molecule has 0 amide bonds. The predicted molar refractivity (Wildman–Crippen MR) is 88.3 cm³/mol. The summed E-state index contributed by atoms with van der Waals surface area (Å²) in [6, 6.07) is 6.18. The van der Waals surface area contributed by atoms with Crippen molar-refractivity contribution >= 4 is 38.9 Å². The van der Waals surface area contributed by atoms with E-state index in [1.54, 1.807) is 19.1 Å². The van der Waals surface area contributed by atoms with Crippen LogP contribution in [0.5, 0.6) is 0 Å². The monoisotopic (exact) mass is 392 g/mol. The number of nitro groups is 1. The summed E-state index contributed by atoms with van der Waals surface area (Å²) >= 11 is 11.8. The lowest BCUT2D eigenvalue weighted by atomic mass is 10.1. The molecule has 0 heterocycles. The fourth-order valence-electron chi connectivity index (χ4n) is 2.02. The Morgan fingerprint density at radius 1 is 1.21 bits per heavy atom. The Hall–Kier alpha value is -1.74. The van der Waals surface area contributed by atoms with Gasteiger partial charge in [0.2, 0.25) is 15.8 Å². The van der Waals surface area contributed by atoms with Crippen molar-refractivity contribution in [1.82, 2.24) is 4.72 Å². The van der Waals surface area contributed by atoms with E-state index < -0.39 is 37.4 Å². The summed E-state index contributed by atoms with van der Waals surface area (Å²) in [6.45, 7) is 1.55. The number of benzene rings is 2. The number of nitro benzene ring substituents is 1. The summed E-state index contributed by atoms with van der Waals surface area (Å²) in [5.41, 5.74) is -0.448. The zero-order valence-corrected chi connectivity index (χ0v) is 14.5. The first-order valence-electron chi connectivity index (χ1n) is 6.53. The van der Waals surface area contributed by atoms with Crippen molar-refractivity contribution in [3.8, 4) is 0 Å². The van der Waals surface area contributed by atoms with Gasteiger partial charge in [0.1, 0.15) is 0 Å². The molecule has 2 aromatic carbocycles. The summed E-state index contributed by atoms with van der Waals surface area (Å²) in [5.74, 6) is -1.12. The fourth-order valence-corrected chi connectivity index (χ4v) is 3.83. The number of hydrogen-bond acceptors (Lipinski definition) is 4. The molecule has 0 spiro atoms. The third-order valence-electron chi connectivity index (χ3n) is 3.19. The van der Waals surface area contributed by atoms with Crippen molar-refractivity contribution in [2.24, 2.45) is 0 Å². The van der Waals surface area contributed by atoms with Crippen LogP contribution >= 0.6 is 23.2 Å². The molecule has 2 rings (SSSR count). The minimum Gasteiger partial charge on any atom is -0.258 e. The topological polar surface area (TPSA) is 89.3 Å². The highest BCUT2D eigenvalue weighted by Crippen LogP contribution is 2.28. The van der Waals surface area contributed by atoms with Gasteiger partial charge in [-0.05, 0) is 36.8 Å². The molecule has 0 aromatic heterocycles. The van der Waals surface area contributed by atoms with Crippen molar-refractivity contribution in [2.75, 3.05) is 0 Å². The molecular weight excluding hydrogens is 382 g/mol. The Balaban J connectivity index is 2.34. The second-order valence-corrected chi connectivity index (χ2v) is 7.44. The maximum absolute atomic E-state index is 13.3. The van der Waals surface area contributed by atoms with Gasteiger partial charge < -0.3 is 0 Å². The maximum atomic E-state index is 13.3. The molecule has 0 fully saturated rings. The van der Waals surface area contributed by atoms with Crippen LogP contribution in [-0.2, 0) is 10.0 Å². The Labute approximate surface area is 147 Å². The van der Waals surface area contributed by atoms with Crippen LogP contribution in [0, 0.1) is 15.9 Å². The van der Waals surface area contributed by atoms with E-state index in [2.05, 4.69) is 4.72 Å². The van der Waals surface area contributed by atoms with E-state index in [9.17, 15) is 22.9 Å². The SMILES string of the molecule is C[C@H](NS(=O)(=O)c1ccc(F)c([N+](=O)[O-])c1)c1ccc(Cl)cc1Cl. The quantitative estimate of drug-likeness (QED) is 0.612. The van der Waals surface area contributed by atoms with Gasteiger partial charge in [0.05, 0.1) is 9.82 Å². The molecule has 0 radical (unpaired) electrons. The molecule has 0 saturated carbocycles. The van der Waals surface area contributed by atoms with Crippen LogP contribution in [-0.4, -0.2) is 13.3 Å². The molecular formula is C14H11Cl2FN2O4S. The van der Waals surface area contributed by atoms with E-state index in [1.165, 1.54) is 6.07 Å². The first-order valence-corrected chi connectivity index (χ1v) is 8.77. The van der Waals surface area contributed by atoms with Crippen molar-refractivity contribution in [3.63, 3.8) is 0 Å². The van der Waals surface area contributed by atoms with Crippen molar-refractivity contribution in [3.05, 3.63) is 67.9 Å². The Kier molecular flexibility index (Phi) is 5.44. The van der Waals surface area contributed by atoms with Crippen LogP contribution in [0.15, 0.2) is 41.3 Å². The lowest BCUT2D eigenvalue weighted by Crippen LogP contribution is -2.27. The third-order valence-corrected chi connectivity index (χ3v) is 5.29. The zero-order valence-electron chi connectivity index (χ0n) is 12.2. The Morgan fingerprint density at radius 2 is 1.88 bits per heavy atom. The highest BCUT2D eigenvalue weighted by Gasteiger charge is 2.24. The Bertz CT molecular complexity index is 906. The van der Waals surface area contributed by atoms with Crippen molar-refractivity contribution in [1.29, 1.82) is 0 Å². The van der Waals surface area contributed by atoms with Crippen LogP contribution in [0.4, 0.5) is 10.1 Å². The summed E-state index contributed by atoms with van der Waals surface area (Å²) in [6.07, 6.45) is 0. The minimum atomic E-state index is -4.12. The number of nitrogens with one attached hydrogen (secondary N) is 1. The third kappa shape index (κ3) is 4.02. The van der Waals surface area contributed by atoms with Gasteiger partial charge in [-0.3, -0.25) is 10.1 Å². The molecule has 6 nitrogen and oxygen atoms in total. The van der Waals surface area contributed by atoms with Gasteiger partial charge in [-0.2, -0.15) is 4.39 Å². The standard InChI is InChI=1S/C14H11Cl2FN2O4S/c1-8(11-4-2-9(15)6-12(11)16)18-24(22,23)10-3-5-13(17)14(7-10)19(20)21/h2-8,18H,1H3/t8-/m0/s1. The van der Waals surface area contributed by atoms with Crippen molar-refractivity contribution in [2.45, 2.75) is 17.9 Å². The number of nitrogens with zero attached hydrogens (tertiary/aromatic N) is 1. The smallest absolute Gasteiger partial charge is 0.258 e. The molecule has 2 aromatic rings. The van der Waals surface area contributed by atoms with E-state index in [0.29, 0.717) is 16.7 Å². The number of rotatable bonds is 5. The maximum Gasteiger partial charge on any atom is 0.306 e. The van der Waals surface area contributed by atoms with Crippen LogP contribution in [0.1, 0.15) is 18.5 Å². The molecule has 0 unspecified atom stereocenters. The van der Waals surface area contributed by atoms with Gasteiger partial charge in [-0.25, -0.2) is 13.1 Å². The fraction of sp³-hybridized carbons (Fsp3) is 0.143. The molecule has 128 valence electrons. The van der Waals surface area contributed by atoms with E-state index in [1.807, 2.05) is 0 Å². The second kappa shape index (κ2) is 7.02. The van der Waals surface area contributed by atoms with Crippen LogP contribution in [0.3, 0.4) is 0 Å². The lowest BCUT2D eigenvalue weighted by molar-refractivity contribution is -0.387. The first-order chi connectivity index (χ1) is 11.1. The normalized spacial score (nSPS) is 12.8. The first kappa shape index (κ1) is 18.6. The van der Waals surface area contributed by atoms with Gasteiger partial charge in [0.15, 0.2) is 0 Å². The molecule has 0 saturated heterocycles. The molecule has 1 N–H and O–H groups in total. The Morgan fingerprint density at radius 3 is 2.46 bits per heavy atom. The second-order valence-electron chi connectivity index (χ2n) is 4.88. The number of halogens is 3. The number of hydrogen-bond donors (Lipinski definition) is 1. The molecule has 1 atom stereocenters. The van der Waals surface area contributed by atoms with Gasteiger partial charge in [0, 0.05) is 22.2 Å². The van der Waals surface area contributed by atoms with Gasteiger partial charge in [-0.1, -0.05) is 29.3 Å². The summed E-state index contributed by atoms with van der Waals surface area (Å²) in [5, 5.41) is 11.4. The molecule has 0 bridgehead atoms. The highest BCUT2D eigenvalue weighted by atomic mass is 35.5. The lowest BCUT2D eigenvalue weighted by Gasteiger charge is -2.16. The minimum absolute atomic E-state index is 0.266. The van der Waals surface area contributed by atoms with Crippen LogP contribution in [0.25, 0.3) is 0 Å². The molecule has 0 aliphatic rings. The molecule has 10 heteroatoms. The van der Waals surface area contributed by atoms with Crippen LogP contribution in [0.2, 0.25) is 10.0 Å². The number of sulfonamides is 1. The summed E-state index contributed by atoms with van der Waals surface area (Å²) in [4.78, 5) is 9.33. The highest BCUT2D eigenvalue weighted by molar-refractivity contribution is 7.89. The van der Waals surface area contributed by atoms with E-state index in [-0.39, 0.29) is 5.02 Å². The van der Waals surface area contributed by atoms with Gasteiger partial charge >= 0.3 is 5.69 Å². The molecule has 0 aliphatic carbocycles. The average molecular weight is 393 g/mol. The largest absolute Gasteiger partial charge is 0.306 e.